The number of anilines is 1. The van der Waals surface area contributed by atoms with Crippen molar-refractivity contribution < 1.29 is 22.5 Å². The van der Waals surface area contributed by atoms with E-state index in [-0.39, 0.29) is 23.8 Å². The number of carbonyl (C=O) groups excluding carboxylic acids is 1. The maximum Gasteiger partial charge on any atom is 0.416 e. The van der Waals surface area contributed by atoms with Gasteiger partial charge in [-0.25, -0.2) is 9.97 Å². The molecule has 8 nitrogen and oxygen atoms in total. The molecule has 1 saturated heterocycles. The van der Waals surface area contributed by atoms with Crippen LogP contribution in [0.3, 0.4) is 0 Å². The maximum absolute atomic E-state index is 13.9. The first-order valence-electron chi connectivity index (χ1n) is 12.7. The average Bonchev–Trinajstić information content (AvgIpc) is 3.69. The fourth-order valence-electron chi connectivity index (χ4n) is 5.20. The van der Waals surface area contributed by atoms with E-state index in [1.54, 1.807) is 30.9 Å². The van der Waals surface area contributed by atoms with Gasteiger partial charge in [0.1, 0.15) is 29.6 Å². The normalized spacial score (nSPS) is 18.8. The molecular weight excluding hydrogens is 528 g/mol. The van der Waals surface area contributed by atoms with Gasteiger partial charge in [-0.15, -0.1) is 0 Å². The molecule has 0 radical (unpaired) electrons. The van der Waals surface area contributed by atoms with Crippen LogP contribution in [0.1, 0.15) is 48.3 Å². The second-order valence-corrected chi connectivity index (χ2v) is 13.5. The fourth-order valence-corrected chi connectivity index (χ4v) is 7.65. The summed E-state index contributed by atoms with van der Waals surface area (Å²) in [7, 11) is -2.94. The van der Waals surface area contributed by atoms with Crippen molar-refractivity contribution in [2.75, 3.05) is 30.7 Å². The summed E-state index contributed by atoms with van der Waals surface area (Å²) in [6.45, 7) is 5.51. The molecule has 1 aromatic carbocycles. The summed E-state index contributed by atoms with van der Waals surface area (Å²) >= 11 is 0. The van der Waals surface area contributed by atoms with Crippen molar-refractivity contribution in [2.24, 2.45) is 5.41 Å². The number of halogens is 3. The molecule has 3 heterocycles. The average molecular weight is 557 g/mol. The summed E-state index contributed by atoms with van der Waals surface area (Å²) in [5.41, 5.74) is -0.0490. The third kappa shape index (κ3) is 4.98. The molecule has 2 aliphatic rings. The Balaban J connectivity index is 1.43. The smallest absolute Gasteiger partial charge is 0.363 e. The predicted octanol–water partition coefficient (Wildman–Crippen LogP) is 4.97. The van der Waals surface area contributed by atoms with Crippen molar-refractivity contribution in [1.82, 2.24) is 19.9 Å². The Labute approximate surface area is 224 Å². The maximum atomic E-state index is 13.9. The fraction of sp³-hybridized carbons (Fsp3) is 0.444. The molecule has 1 aliphatic heterocycles. The zero-order valence-corrected chi connectivity index (χ0v) is 22.7. The van der Waals surface area contributed by atoms with Gasteiger partial charge in [-0.05, 0) is 56.9 Å². The Morgan fingerprint density at radius 1 is 1.21 bits per heavy atom. The van der Waals surface area contributed by atoms with E-state index in [9.17, 15) is 27.8 Å². The molecule has 3 aromatic rings. The molecule has 1 atom stereocenters. The number of nitriles is 1. The first kappa shape index (κ1) is 27.1. The van der Waals surface area contributed by atoms with Crippen molar-refractivity contribution >= 4 is 35.2 Å². The number of hydrogen-bond acceptors (Lipinski definition) is 7. The van der Waals surface area contributed by atoms with E-state index in [1.807, 2.05) is 0 Å². The first-order chi connectivity index (χ1) is 18.4. The van der Waals surface area contributed by atoms with Crippen LogP contribution in [0, 0.1) is 30.6 Å². The zero-order chi connectivity index (χ0) is 28.2. The number of nitrogens with zero attached hydrogens (tertiary/aromatic N) is 5. The molecule has 1 aliphatic carbocycles. The lowest BCUT2D eigenvalue weighted by Gasteiger charge is -2.33. The second-order valence-electron chi connectivity index (χ2n) is 10.4. The summed E-state index contributed by atoms with van der Waals surface area (Å²) in [6.07, 6.45) is -1.27. The Kier molecular flexibility index (Phi) is 6.66. The van der Waals surface area contributed by atoms with Crippen molar-refractivity contribution in [2.45, 2.75) is 45.8 Å². The number of alkyl halides is 3. The van der Waals surface area contributed by atoms with Crippen LogP contribution in [0.5, 0.6) is 0 Å². The molecule has 1 amide bonds. The van der Waals surface area contributed by atoms with E-state index in [0.717, 1.165) is 6.07 Å². The van der Waals surface area contributed by atoms with E-state index in [4.69, 9.17) is 0 Å². The lowest BCUT2D eigenvalue weighted by atomic mass is 9.97. The number of aromatic nitrogens is 3. The minimum Gasteiger partial charge on any atom is -0.363 e. The number of benzene rings is 1. The molecule has 2 aromatic heterocycles. The van der Waals surface area contributed by atoms with Crippen molar-refractivity contribution in [3.05, 3.63) is 53.0 Å². The standard InChI is InChI=1S/C27H28F3N6O2P/c1-16-19(5-4-6-21(16)27(28,29)30)17(2)33-24-20-13-23(32-14-22(20)34-18(3)35-24)39(38)11-9-36(10-12-39)25(37)26(15-31)7-8-26/h4-6,13-14,17H,7-12H2,1-3H3,(H,33,34,35)/t17-/m1/s1. The molecule has 39 heavy (non-hydrogen) atoms. The quantitative estimate of drug-likeness (QED) is 0.442. The predicted molar refractivity (Wildman–Crippen MR) is 141 cm³/mol. The van der Waals surface area contributed by atoms with Crippen molar-refractivity contribution in [3.63, 3.8) is 0 Å². The molecule has 1 N–H and O–H groups in total. The van der Waals surface area contributed by atoms with Crippen LogP contribution in [0.2, 0.25) is 0 Å². The highest BCUT2D eigenvalue weighted by molar-refractivity contribution is 7.71. The van der Waals surface area contributed by atoms with Gasteiger partial charge in [0, 0.05) is 30.8 Å². The third-order valence-corrected chi connectivity index (χ3v) is 10.6. The molecule has 0 unspecified atom stereocenters. The van der Waals surface area contributed by atoms with Gasteiger partial charge in [-0.3, -0.25) is 9.78 Å². The Hall–Kier alpha value is -3.51. The monoisotopic (exact) mass is 556 g/mol. The molecule has 5 rings (SSSR count). The summed E-state index contributed by atoms with van der Waals surface area (Å²) < 4.78 is 54.4. The van der Waals surface area contributed by atoms with Gasteiger partial charge in [-0.2, -0.15) is 18.4 Å². The van der Waals surface area contributed by atoms with E-state index in [0.29, 0.717) is 59.5 Å². The number of amides is 1. The lowest BCUT2D eigenvalue weighted by Crippen LogP contribution is -2.44. The number of aryl methyl sites for hydroxylation is 1. The van der Waals surface area contributed by atoms with Gasteiger partial charge in [0.05, 0.1) is 29.4 Å². The highest BCUT2D eigenvalue weighted by atomic mass is 31.2. The minimum atomic E-state index is -4.46. The summed E-state index contributed by atoms with van der Waals surface area (Å²) in [5, 5.41) is 13.2. The molecule has 0 bridgehead atoms. The number of hydrogen-bond donors (Lipinski definition) is 1. The molecule has 12 heteroatoms. The molecule has 204 valence electrons. The Bertz CT molecular complexity index is 1550. The van der Waals surface area contributed by atoms with Crippen LogP contribution in [-0.4, -0.2) is 51.2 Å². The number of pyridine rings is 1. The highest BCUT2D eigenvalue weighted by Gasteiger charge is 2.53. The summed E-state index contributed by atoms with van der Waals surface area (Å²) in [5.74, 6) is 0.685. The largest absolute Gasteiger partial charge is 0.416 e. The minimum absolute atomic E-state index is 0.137. The molecule has 1 saturated carbocycles. The van der Waals surface area contributed by atoms with Gasteiger partial charge in [0.15, 0.2) is 0 Å². The SMILES string of the molecule is Cc1nc(N[C@H](C)c2cccc(C(F)(F)F)c2C)c2cc(P3(=O)CCN(C(=O)C4(C#N)CC4)CC3)ncc2n1. The van der Waals surface area contributed by atoms with Crippen molar-refractivity contribution in [1.29, 1.82) is 5.26 Å². The number of fused-ring (bicyclic) bond motifs is 1. The number of carbonyl (C=O) groups is 1. The van der Waals surface area contributed by atoms with Crippen LogP contribution in [0.25, 0.3) is 10.9 Å². The van der Waals surface area contributed by atoms with E-state index in [2.05, 4.69) is 26.3 Å². The molecule has 2 fully saturated rings. The van der Waals surface area contributed by atoms with E-state index >= 15 is 0 Å². The van der Waals surface area contributed by atoms with Gasteiger partial charge >= 0.3 is 6.18 Å². The Morgan fingerprint density at radius 3 is 2.51 bits per heavy atom. The van der Waals surface area contributed by atoms with Crippen molar-refractivity contribution in [3.8, 4) is 6.07 Å². The van der Waals surface area contributed by atoms with Gasteiger partial charge in [0.25, 0.3) is 0 Å². The van der Waals surface area contributed by atoms with Crippen LogP contribution in [0.4, 0.5) is 19.0 Å². The van der Waals surface area contributed by atoms with E-state index < -0.39 is 30.3 Å². The van der Waals surface area contributed by atoms with E-state index in [1.165, 1.54) is 19.2 Å². The van der Waals surface area contributed by atoms with Gasteiger partial charge in [-0.1, -0.05) is 12.1 Å². The third-order valence-electron chi connectivity index (χ3n) is 7.72. The lowest BCUT2D eigenvalue weighted by molar-refractivity contribution is -0.138. The Morgan fingerprint density at radius 2 is 1.90 bits per heavy atom. The van der Waals surface area contributed by atoms with Crippen LogP contribution in [-0.2, 0) is 15.5 Å². The summed E-state index contributed by atoms with van der Waals surface area (Å²) in [6, 6.07) is 7.41. The number of rotatable bonds is 5. The molecule has 0 spiro atoms. The van der Waals surface area contributed by atoms with Crippen LogP contribution in [0.15, 0.2) is 30.5 Å². The zero-order valence-electron chi connectivity index (χ0n) is 21.8. The van der Waals surface area contributed by atoms with Gasteiger partial charge in [0.2, 0.25) is 5.91 Å². The highest BCUT2D eigenvalue weighted by Crippen LogP contribution is 2.50. The first-order valence-corrected chi connectivity index (χ1v) is 14.8. The number of nitrogens with one attached hydrogen (secondary N) is 1. The topological polar surface area (TPSA) is 112 Å². The van der Waals surface area contributed by atoms with Gasteiger partial charge < -0.3 is 14.8 Å². The second kappa shape index (κ2) is 9.60. The van der Waals surface area contributed by atoms with Crippen LogP contribution >= 0.6 is 7.14 Å². The summed E-state index contributed by atoms with van der Waals surface area (Å²) in [4.78, 5) is 27.8. The molecular formula is C27H28F3N6O2P. The van der Waals surface area contributed by atoms with Crippen LogP contribution < -0.4 is 10.8 Å².